The van der Waals surface area contributed by atoms with Crippen LogP contribution < -0.4 is 5.32 Å². The number of hydrogen-bond acceptors (Lipinski definition) is 3. The Bertz CT molecular complexity index is 509. The Morgan fingerprint density at radius 2 is 2.31 bits per heavy atom. The van der Waals surface area contributed by atoms with E-state index in [2.05, 4.69) is 10.3 Å². The van der Waals surface area contributed by atoms with Crippen molar-refractivity contribution in [1.29, 1.82) is 0 Å². The van der Waals surface area contributed by atoms with Crippen molar-refractivity contribution in [2.24, 2.45) is 0 Å². The number of carbonyl (C=O) groups is 1. The van der Waals surface area contributed by atoms with E-state index in [1.807, 2.05) is 24.4 Å². The molecule has 0 bridgehead atoms. The molecule has 0 aliphatic carbocycles. The van der Waals surface area contributed by atoms with E-state index < -0.39 is 6.09 Å². The van der Waals surface area contributed by atoms with E-state index in [0.717, 1.165) is 16.1 Å². The fourth-order valence-electron chi connectivity index (χ4n) is 1.42. The van der Waals surface area contributed by atoms with Crippen LogP contribution in [0, 0.1) is 6.92 Å². The van der Waals surface area contributed by atoms with Crippen LogP contribution in [-0.4, -0.2) is 16.2 Å². The first-order valence-electron chi connectivity index (χ1n) is 4.67. The molecule has 0 unspecified atom stereocenters. The van der Waals surface area contributed by atoms with Gasteiger partial charge in [0.05, 0.1) is 5.69 Å². The SMILES string of the molecule is Cc1ccc(NC(=O)O)c(-c2nccs2)c1. The summed E-state index contributed by atoms with van der Waals surface area (Å²) < 4.78 is 0. The largest absolute Gasteiger partial charge is 0.465 e. The highest BCUT2D eigenvalue weighted by Crippen LogP contribution is 2.30. The van der Waals surface area contributed by atoms with Gasteiger partial charge in [-0.05, 0) is 19.1 Å². The van der Waals surface area contributed by atoms with Crippen molar-refractivity contribution in [2.75, 3.05) is 5.32 Å². The molecule has 2 N–H and O–H groups in total. The first kappa shape index (κ1) is 10.6. The predicted molar refractivity (Wildman–Crippen MR) is 63.9 cm³/mol. The summed E-state index contributed by atoms with van der Waals surface area (Å²) in [5.74, 6) is 0. The zero-order valence-corrected chi connectivity index (χ0v) is 9.41. The molecule has 0 atom stereocenters. The smallest absolute Gasteiger partial charge is 0.409 e. The lowest BCUT2D eigenvalue weighted by molar-refractivity contribution is 0.210. The number of amides is 1. The van der Waals surface area contributed by atoms with Crippen molar-refractivity contribution < 1.29 is 9.90 Å². The maximum atomic E-state index is 10.6. The van der Waals surface area contributed by atoms with Crippen molar-refractivity contribution in [2.45, 2.75) is 6.92 Å². The van der Waals surface area contributed by atoms with Crippen LogP contribution in [0.1, 0.15) is 5.56 Å². The highest BCUT2D eigenvalue weighted by atomic mass is 32.1. The summed E-state index contributed by atoms with van der Waals surface area (Å²) >= 11 is 1.48. The molecule has 0 aliphatic rings. The quantitative estimate of drug-likeness (QED) is 0.838. The number of benzene rings is 1. The lowest BCUT2D eigenvalue weighted by Gasteiger charge is -2.07. The van der Waals surface area contributed by atoms with Crippen LogP contribution in [0.3, 0.4) is 0 Å². The number of aryl methyl sites for hydroxylation is 1. The van der Waals surface area contributed by atoms with Crippen molar-refractivity contribution in [3.8, 4) is 10.6 Å². The van der Waals surface area contributed by atoms with Crippen LogP contribution in [0.4, 0.5) is 10.5 Å². The first-order valence-corrected chi connectivity index (χ1v) is 5.55. The van der Waals surface area contributed by atoms with Crippen LogP contribution in [-0.2, 0) is 0 Å². The fraction of sp³-hybridized carbons (Fsp3) is 0.0909. The van der Waals surface area contributed by atoms with E-state index in [4.69, 9.17) is 5.11 Å². The number of thiazole rings is 1. The minimum absolute atomic E-state index is 0.563. The summed E-state index contributed by atoms with van der Waals surface area (Å²) in [6.45, 7) is 1.96. The van der Waals surface area contributed by atoms with Crippen LogP contribution in [0.2, 0.25) is 0 Å². The summed E-state index contributed by atoms with van der Waals surface area (Å²) in [5.41, 5.74) is 2.45. The molecular formula is C11H10N2O2S. The average Bonchev–Trinajstić information content (AvgIpc) is 2.73. The summed E-state index contributed by atoms with van der Waals surface area (Å²) in [6.07, 6.45) is 0.633. The van der Waals surface area contributed by atoms with Crippen LogP contribution >= 0.6 is 11.3 Å². The Morgan fingerprint density at radius 3 is 2.94 bits per heavy atom. The Balaban J connectivity index is 2.48. The molecule has 82 valence electrons. The highest BCUT2D eigenvalue weighted by molar-refractivity contribution is 7.13. The molecule has 4 nitrogen and oxygen atoms in total. The summed E-state index contributed by atoms with van der Waals surface area (Å²) in [5, 5.41) is 13.8. The molecular weight excluding hydrogens is 224 g/mol. The number of hydrogen-bond donors (Lipinski definition) is 2. The van der Waals surface area contributed by atoms with E-state index in [1.54, 1.807) is 12.3 Å². The fourth-order valence-corrected chi connectivity index (χ4v) is 2.08. The van der Waals surface area contributed by atoms with Crippen molar-refractivity contribution in [3.63, 3.8) is 0 Å². The molecule has 1 aromatic heterocycles. The third kappa shape index (κ3) is 2.20. The molecule has 1 heterocycles. The second-order valence-electron chi connectivity index (χ2n) is 3.32. The number of carboxylic acid groups (broad SMARTS) is 1. The molecule has 2 aromatic rings. The van der Waals surface area contributed by atoms with Gasteiger partial charge in [-0.2, -0.15) is 0 Å². The Kier molecular flexibility index (Phi) is 2.87. The second-order valence-corrected chi connectivity index (χ2v) is 4.21. The van der Waals surface area contributed by atoms with Gasteiger partial charge in [-0.15, -0.1) is 11.3 Å². The zero-order chi connectivity index (χ0) is 11.5. The number of anilines is 1. The molecule has 0 aliphatic heterocycles. The number of nitrogens with one attached hydrogen (secondary N) is 1. The van der Waals surface area contributed by atoms with E-state index >= 15 is 0 Å². The van der Waals surface area contributed by atoms with Gasteiger partial charge in [0.2, 0.25) is 0 Å². The summed E-state index contributed by atoms with van der Waals surface area (Å²) in [7, 11) is 0. The maximum Gasteiger partial charge on any atom is 0.409 e. The second kappa shape index (κ2) is 4.32. The van der Waals surface area contributed by atoms with Crippen LogP contribution in [0.25, 0.3) is 10.6 Å². The van der Waals surface area contributed by atoms with Gasteiger partial charge >= 0.3 is 6.09 Å². The van der Waals surface area contributed by atoms with Gasteiger partial charge in [0.25, 0.3) is 0 Å². The van der Waals surface area contributed by atoms with Gasteiger partial charge in [-0.1, -0.05) is 11.6 Å². The lowest BCUT2D eigenvalue weighted by Crippen LogP contribution is -2.08. The standard InChI is InChI=1S/C11H10N2O2S/c1-7-2-3-9(13-11(14)15)8(6-7)10-12-4-5-16-10/h2-6,13H,1H3,(H,14,15). The molecule has 16 heavy (non-hydrogen) atoms. The minimum Gasteiger partial charge on any atom is -0.465 e. The molecule has 2 rings (SSSR count). The Morgan fingerprint density at radius 1 is 1.50 bits per heavy atom. The zero-order valence-electron chi connectivity index (χ0n) is 8.60. The van der Waals surface area contributed by atoms with Gasteiger partial charge in [0.1, 0.15) is 5.01 Å². The molecule has 0 spiro atoms. The van der Waals surface area contributed by atoms with Gasteiger partial charge in [-0.25, -0.2) is 9.78 Å². The summed E-state index contributed by atoms with van der Waals surface area (Å²) in [4.78, 5) is 14.8. The third-order valence-corrected chi connectivity index (χ3v) is 2.89. The highest BCUT2D eigenvalue weighted by Gasteiger charge is 2.09. The molecule has 0 saturated carbocycles. The lowest BCUT2D eigenvalue weighted by atomic mass is 10.1. The van der Waals surface area contributed by atoms with Crippen molar-refractivity contribution in [1.82, 2.24) is 4.98 Å². The van der Waals surface area contributed by atoms with E-state index in [9.17, 15) is 4.79 Å². The summed E-state index contributed by atoms with van der Waals surface area (Å²) in [6, 6.07) is 5.53. The van der Waals surface area contributed by atoms with Gasteiger partial charge in [0, 0.05) is 17.1 Å². The van der Waals surface area contributed by atoms with Crippen molar-refractivity contribution >= 4 is 23.1 Å². The van der Waals surface area contributed by atoms with Gasteiger partial charge in [0.15, 0.2) is 0 Å². The minimum atomic E-state index is -1.07. The predicted octanol–water partition coefficient (Wildman–Crippen LogP) is 3.21. The molecule has 0 radical (unpaired) electrons. The van der Waals surface area contributed by atoms with Crippen LogP contribution in [0.5, 0.6) is 0 Å². The topological polar surface area (TPSA) is 62.2 Å². The molecule has 0 fully saturated rings. The normalized spacial score (nSPS) is 10.1. The monoisotopic (exact) mass is 234 g/mol. The number of rotatable bonds is 2. The molecule has 1 amide bonds. The average molecular weight is 234 g/mol. The molecule has 0 saturated heterocycles. The Labute approximate surface area is 96.6 Å². The van der Waals surface area contributed by atoms with E-state index in [1.165, 1.54) is 11.3 Å². The van der Waals surface area contributed by atoms with Crippen LogP contribution in [0.15, 0.2) is 29.8 Å². The first-order chi connectivity index (χ1) is 7.66. The number of nitrogens with zero attached hydrogens (tertiary/aromatic N) is 1. The Hall–Kier alpha value is -1.88. The van der Waals surface area contributed by atoms with E-state index in [-0.39, 0.29) is 0 Å². The van der Waals surface area contributed by atoms with E-state index in [0.29, 0.717) is 5.69 Å². The van der Waals surface area contributed by atoms with Gasteiger partial charge in [-0.3, -0.25) is 5.32 Å². The molecule has 1 aromatic carbocycles. The van der Waals surface area contributed by atoms with Crippen molar-refractivity contribution in [3.05, 3.63) is 35.3 Å². The van der Waals surface area contributed by atoms with Gasteiger partial charge < -0.3 is 5.11 Å². The molecule has 5 heteroatoms. The number of aromatic nitrogens is 1. The maximum absolute atomic E-state index is 10.6. The third-order valence-electron chi connectivity index (χ3n) is 2.08.